The van der Waals surface area contributed by atoms with E-state index in [0.29, 0.717) is 0 Å². The van der Waals surface area contributed by atoms with Crippen LogP contribution >= 0.6 is 0 Å². The van der Waals surface area contributed by atoms with Gasteiger partial charge in [0.05, 0.1) is 18.6 Å². The van der Waals surface area contributed by atoms with E-state index in [9.17, 15) is 0 Å². The lowest BCUT2D eigenvalue weighted by atomic mass is 10.2. The highest BCUT2D eigenvalue weighted by Crippen LogP contribution is 2.21. The third-order valence-corrected chi connectivity index (χ3v) is 3.66. The lowest BCUT2D eigenvalue weighted by Gasteiger charge is -2.22. The molecule has 24 heavy (non-hydrogen) atoms. The van der Waals surface area contributed by atoms with Gasteiger partial charge in [0.25, 0.3) is 0 Å². The molecule has 0 aromatic carbocycles. The van der Waals surface area contributed by atoms with Gasteiger partial charge in [0.15, 0.2) is 0 Å². The van der Waals surface area contributed by atoms with E-state index in [0.717, 1.165) is 31.0 Å². The van der Waals surface area contributed by atoms with Crippen LogP contribution in [-0.2, 0) is 9.47 Å². The van der Waals surface area contributed by atoms with Gasteiger partial charge in [0.1, 0.15) is 6.23 Å². The maximum Gasteiger partial charge on any atom is 0.150 e. The van der Waals surface area contributed by atoms with Gasteiger partial charge in [-0.1, -0.05) is 0 Å². The molecule has 1 saturated heterocycles. The Morgan fingerprint density at radius 2 is 2.08 bits per heavy atom. The number of aromatic nitrogens is 4. The predicted molar refractivity (Wildman–Crippen MR) is 93.5 cm³/mol. The van der Waals surface area contributed by atoms with Crippen LogP contribution in [-0.4, -0.2) is 33.2 Å². The largest absolute Gasteiger partial charge is 0.502 e. The van der Waals surface area contributed by atoms with Crippen LogP contribution in [0.25, 0.3) is 0 Å². The molecule has 6 nitrogen and oxygen atoms in total. The van der Waals surface area contributed by atoms with Gasteiger partial charge >= 0.3 is 0 Å². The zero-order chi connectivity index (χ0) is 17.0. The van der Waals surface area contributed by atoms with E-state index in [4.69, 9.17) is 9.47 Å². The van der Waals surface area contributed by atoms with Crippen LogP contribution in [0.3, 0.4) is 0 Å². The van der Waals surface area contributed by atoms with Crippen LogP contribution in [0.1, 0.15) is 49.7 Å². The molecule has 4 rings (SSSR count). The highest BCUT2D eigenvalue weighted by molar-refractivity contribution is 4.95. The van der Waals surface area contributed by atoms with Crippen molar-refractivity contribution >= 4 is 0 Å². The number of rotatable bonds is 1. The zero-order valence-electron chi connectivity index (χ0n) is 14.6. The molecule has 0 saturated carbocycles. The van der Waals surface area contributed by atoms with E-state index < -0.39 is 0 Å². The fraction of sp³-hybridized carbons (Fsp3) is 0.556. The highest BCUT2D eigenvalue weighted by Gasteiger charge is 2.15. The van der Waals surface area contributed by atoms with Crippen molar-refractivity contribution in [3.8, 4) is 0 Å². The van der Waals surface area contributed by atoms with Gasteiger partial charge < -0.3 is 9.47 Å². The summed E-state index contributed by atoms with van der Waals surface area (Å²) in [5.41, 5.74) is 2.17. The molecule has 1 fully saturated rings. The number of hydrogen-bond acceptors (Lipinski definition) is 4. The molecule has 0 aliphatic carbocycles. The van der Waals surface area contributed by atoms with Crippen LogP contribution in [0.2, 0.25) is 0 Å². The van der Waals surface area contributed by atoms with E-state index in [1.165, 1.54) is 25.7 Å². The SMILES string of the molecule is C1=COCCC1.Cc1ccn(C2CCCCO2)n1.Cc1ccn[nH]1. The van der Waals surface area contributed by atoms with E-state index in [-0.39, 0.29) is 6.23 Å². The first-order chi connectivity index (χ1) is 11.8. The number of aromatic amines is 1. The average Bonchev–Trinajstić information content (AvgIpc) is 3.30. The molecule has 2 aliphatic heterocycles. The van der Waals surface area contributed by atoms with Crippen LogP contribution in [0, 0.1) is 13.8 Å². The monoisotopic (exact) mass is 332 g/mol. The molecule has 0 amide bonds. The Balaban J connectivity index is 0.000000146. The molecular weight excluding hydrogens is 304 g/mol. The van der Waals surface area contributed by atoms with Crippen molar-refractivity contribution in [2.24, 2.45) is 0 Å². The van der Waals surface area contributed by atoms with Crippen LogP contribution < -0.4 is 0 Å². The molecule has 1 atom stereocenters. The van der Waals surface area contributed by atoms with Crippen molar-refractivity contribution in [3.63, 3.8) is 0 Å². The highest BCUT2D eigenvalue weighted by atomic mass is 16.5. The van der Waals surface area contributed by atoms with Gasteiger partial charge in [-0.05, 0) is 64.2 Å². The summed E-state index contributed by atoms with van der Waals surface area (Å²) in [6, 6.07) is 3.93. The zero-order valence-corrected chi connectivity index (χ0v) is 14.6. The minimum Gasteiger partial charge on any atom is -0.502 e. The van der Waals surface area contributed by atoms with Gasteiger partial charge in [-0.3, -0.25) is 5.10 Å². The molecule has 0 bridgehead atoms. The third kappa shape index (κ3) is 7.00. The lowest BCUT2D eigenvalue weighted by Crippen LogP contribution is -2.18. The van der Waals surface area contributed by atoms with Crippen molar-refractivity contribution in [1.29, 1.82) is 0 Å². The number of aryl methyl sites for hydroxylation is 2. The Morgan fingerprint density at radius 3 is 2.46 bits per heavy atom. The smallest absolute Gasteiger partial charge is 0.150 e. The van der Waals surface area contributed by atoms with E-state index >= 15 is 0 Å². The predicted octanol–water partition coefficient (Wildman–Crippen LogP) is 3.92. The molecule has 0 radical (unpaired) electrons. The van der Waals surface area contributed by atoms with E-state index in [1.54, 1.807) is 12.5 Å². The molecule has 6 heteroatoms. The van der Waals surface area contributed by atoms with E-state index in [1.807, 2.05) is 42.9 Å². The minimum atomic E-state index is 0.187. The van der Waals surface area contributed by atoms with Gasteiger partial charge in [-0.15, -0.1) is 0 Å². The summed E-state index contributed by atoms with van der Waals surface area (Å²) >= 11 is 0. The Bertz CT molecular complexity index is 564. The Morgan fingerprint density at radius 1 is 1.17 bits per heavy atom. The standard InChI is InChI=1S/C9H14N2O.C5H8O.C4H6N2/c1-8-5-6-11(10-8)9-4-2-3-7-12-9;1-2-4-6-5-3-1;1-4-2-3-5-6-4/h5-6,9H,2-4,7H2,1H3;2,4H,1,3,5H2;2-3H,1H3,(H,5,6). The molecule has 0 spiro atoms. The number of nitrogens with one attached hydrogen (secondary N) is 1. The molecule has 2 aromatic rings. The quantitative estimate of drug-likeness (QED) is 0.859. The molecule has 4 heterocycles. The second kappa shape index (κ2) is 10.6. The Kier molecular flexibility index (Phi) is 8.10. The van der Waals surface area contributed by atoms with E-state index in [2.05, 4.69) is 15.3 Å². The molecule has 1 N–H and O–H groups in total. The summed E-state index contributed by atoms with van der Waals surface area (Å²) in [6.07, 6.45) is 13.7. The summed E-state index contributed by atoms with van der Waals surface area (Å²) < 4.78 is 12.4. The van der Waals surface area contributed by atoms with Crippen molar-refractivity contribution in [1.82, 2.24) is 20.0 Å². The first-order valence-electron chi connectivity index (χ1n) is 8.61. The van der Waals surface area contributed by atoms with Gasteiger partial charge in [0.2, 0.25) is 0 Å². The molecule has 2 aliphatic rings. The minimum absolute atomic E-state index is 0.187. The van der Waals surface area contributed by atoms with Gasteiger partial charge in [-0.2, -0.15) is 10.2 Å². The maximum atomic E-state index is 5.58. The van der Waals surface area contributed by atoms with Crippen LogP contribution in [0.15, 0.2) is 36.9 Å². The maximum absolute atomic E-state index is 5.58. The first-order valence-corrected chi connectivity index (χ1v) is 8.61. The van der Waals surface area contributed by atoms with Gasteiger partial charge in [-0.25, -0.2) is 4.68 Å². The van der Waals surface area contributed by atoms with Crippen molar-refractivity contribution < 1.29 is 9.47 Å². The molecule has 1 unspecified atom stereocenters. The van der Waals surface area contributed by atoms with Crippen molar-refractivity contribution in [2.75, 3.05) is 13.2 Å². The third-order valence-electron chi connectivity index (χ3n) is 3.66. The first kappa shape index (κ1) is 18.3. The average molecular weight is 332 g/mol. The second-order valence-electron chi connectivity index (χ2n) is 5.88. The van der Waals surface area contributed by atoms with Gasteiger partial charge in [0, 0.05) is 24.7 Å². The summed E-state index contributed by atoms with van der Waals surface area (Å²) in [5, 5.41) is 10.8. The van der Waals surface area contributed by atoms with Crippen molar-refractivity contribution in [3.05, 3.63) is 48.3 Å². The number of nitrogens with zero attached hydrogens (tertiary/aromatic N) is 3. The fourth-order valence-corrected chi connectivity index (χ4v) is 2.34. The lowest BCUT2D eigenvalue weighted by molar-refractivity contribution is -0.0396. The normalized spacial score (nSPS) is 19.3. The fourth-order valence-electron chi connectivity index (χ4n) is 2.34. The number of hydrogen-bond donors (Lipinski definition) is 1. The Hall–Kier alpha value is -2.08. The summed E-state index contributed by atoms with van der Waals surface area (Å²) in [6.45, 7) is 5.76. The topological polar surface area (TPSA) is 65.0 Å². The second-order valence-corrected chi connectivity index (χ2v) is 5.88. The summed E-state index contributed by atoms with van der Waals surface area (Å²) in [4.78, 5) is 0. The summed E-state index contributed by atoms with van der Waals surface area (Å²) in [7, 11) is 0. The number of ether oxygens (including phenoxy) is 2. The molecular formula is C18H28N4O2. The van der Waals surface area contributed by atoms with Crippen LogP contribution in [0.5, 0.6) is 0 Å². The Labute approximate surface area is 143 Å². The van der Waals surface area contributed by atoms with Crippen LogP contribution in [0.4, 0.5) is 0 Å². The number of H-pyrrole nitrogens is 1. The number of allylic oxidation sites excluding steroid dienone is 1. The molecule has 2 aromatic heterocycles. The molecule has 132 valence electrons. The van der Waals surface area contributed by atoms with Crippen molar-refractivity contribution in [2.45, 2.75) is 52.2 Å². The summed E-state index contributed by atoms with van der Waals surface area (Å²) in [5.74, 6) is 0.